The van der Waals surface area contributed by atoms with Crippen LogP contribution in [-0.2, 0) is 0 Å². The van der Waals surface area contributed by atoms with E-state index in [4.69, 9.17) is 0 Å². The Hall–Kier alpha value is -3.19. The van der Waals surface area contributed by atoms with Gasteiger partial charge in [0.2, 0.25) is 0 Å². The number of amides is 1. The second kappa shape index (κ2) is 9.54. The lowest BCUT2D eigenvalue weighted by Gasteiger charge is -2.36. The van der Waals surface area contributed by atoms with Gasteiger partial charge in [0, 0.05) is 38.4 Å². The lowest BCUT2D eigenvalue weighted by atomic mass is 10.2. The SMILES string of the molecule is Cc1cccc(N2CCN(CCCNC(=O)c3cn(-c4ccccc4)nn3)CC2)c1. The van der Waals surface area contributed by atoms with Crippen LogP contribution in [0.25, 0.3) is 5.69 Å². The van der Waals surface area contributed by atoms with E-state index in [1.807, 2.05) is 30.3 Å². The molecule has 156 valence electrons. The Morgan fingerprint density at radius 3 is 2.53 bits per heavy atom. The third kappa shape index (κ3) is 5.04. The van der Waals surface area contributed by atoms with Crippen LogP contribution in [0.15, 0.2) is 60.8 Å². The molecule has 1 aliphatic rings. The zero-order valence-corrected chi connectivity index (χ0v) is 17.4. The first-order valence-electron chi connectivity index (χ1n) is 10.5. The number of hydrogen-bond donors (Lipinski definition) is 1. The van der Waals surface area contributed by atoms with E-state index < -0.39 is 0 Å². The van der Waals surface area contributed by atoms with E-state index in [9.17, 15) is 4.79 Å². The fourth-order valence-corrected chi connectivity index (χ4v) is 3.72. The largest absolute Gasteiger partial charge is 0.369 e. The van der Waals surface area contributed by atoms with Crippen LogP contribution in [0, 0.1) is 6.92 Å². The van der Waals surface area contributed by atoms with Crippen molar-refractivity contribution in [2.24, 2.45) is 0 Å². The number of rotatable bonds is 7. The molecule has 0 radical (unpaired) electrons. The molecule has 30 heavy (non-hydrogen) atoms. The van der Waals surface area contributed by atoms with Crippen molar-refractivity contribution in [1.29, 1.82) is 0 Å². The summed E-state index contributed by atoms with van der Waals surface area (Å²) in [4.78, 5) is 17.2. The first kappa shape index (κ1) is 20.1. The lowest BCUT2D eigenvalue weighted by molar-refractivity contribution is 0.0946. The van der Waals surface area contributed by atoms with E-state index in [1.54, 1.807) is 10.9 Å². The summed E-state index contributed by atoms with van der Waals surface area (Å²) in [6.45, 7) is 7.93. The second-order valence-corrected chi connectivity index (χ2v) is 7.66. The van der Waals surface area contributed by atoms with E-state index in [1.165, 1.54) is 11.3 Å². The van der Waals surface area contributed by atoms with Crippen molar-refractivity contribution in [1.82, 2.24) is 25.2 Å². The number of anilines is 1. The van der Waals surface area contributed by atoms with Gasteiger partial charge in [-0.25, -0.2) is 4.68 Å². The van der Waals surface area contributed by atoms with E-state index in [0.717, 1.165) is 44.8 Å². The van der Waals surface area contributed by atoms with Gasteiger partial charge in [0.1, 0.15) is 0 Å². The molecule has 0 aliphatic carbocycles. The third-order valence-electron chi connectivity index (χ3n) is 5.42. The van der Waals surface area contributed by atoms with Crippen molar-refractivity contribution < 1.29 is 4.79 Å². The molecule has 3 aromatic rings. The Kier molecular flexibility index (Phi) is 6.39. The van der Waals surface area contributed by atoms with Gasteiger partial charge in [0.25, 0.3) is 5.91 Å². The molecule has 7 heteroatoms. The number of benzene rings is 2. The topological polar surface area (TPSA) is 66.3 Å². The number of nitrogens with one attached hydrogen (secondary N) is 1. The standard InChI is InChI=1S/C23H28N6O/c1-19-7-5-10-21(17-19)28-15-13-27(14-16-28)12-6-11-24-23(30)22-18-29(26-25-22)20-8-3-2-4-9-20/h2-5,7-10,17-18H,6,11-16H2,1H3,(H,24,30). The first-order valence-corrected chi connectivity index (χ1v) is 10.5. The number of piperazine rings is 1. The highest BCUT2D eigenvalue weighted by Gasteiger charge is 2.17. The van der Waals surface area contributed by atoms with Crippen molar-refractivity contribution in [2.75, 3.05) is 44.2 Å². The fourth-order valence-electron chi connectivity index (χ4n) is 3.72. The molecule has 1 aliphatic heterocycles. The van der Waals surface area contributed by atoms with Crippen molar-refractivity contribution >= 4 is 11.6 Å². The van der Waals surface area contributed by atoms with Gasteiger partial charge < -0.3 is 10.2 Å². The van der Waals surface area contributed by atoms with Gasteiger partial charge in [-0.2, -0.15) is 0 Å². The summed E-state index contributed by atoms with van der Waals surface area (Å²) < 4.78 is 1.61. The molecule has 1 N–H and O–H groups in total. The summed E-state index contributed by atoms with van der Waals surface area (Å²) in [5, 5.41) is 11.0. The van der Waals surface area contributed by atoms with Gasteiger partial charge in [-0.05, 0) is 49.7 Å². The smallest absolute Gasteiger partial charge is 0.273 e. The van der Waals surface area contributed by atoms with Crippen LogP contribution < -0.4 is 10.2 Å². The van der Waals surface area contributed by atoms with Crippen LogP contribution in [0.3, 0.4) is 0 Å². The molecule has 1 fully saturated rings. The summed E-state index contributed by atoms with van der Waals surface area (Å²) in [7, 11) is 0. The molecule has 2 heterocycles. The number of nitrogens with zero attached hydrogens (tertiary/aromatic N) is 5. The molecular formula is C23H28N6O. The Bertz CT molecular complexity index is 963. The Morgan fingerprint density at radius 1 is 1.00 bits per heavy atom. The molecular weight excluding hydrogens is 376 g/mol. The van der Waals surface area contributed by atoms with E-state index in [0.29, 0.717) is 12.2 Å². The Morgan fingerprint density at radius 2 is 1.77 bits per heavy atom. The molecule has 0 unspecified atom stereocenters. The van der Waals surface area contributed by atoms with Crippen LogP contribution in [0.1, 0.15) is 22.5 Å². The van der Waals surface area contributed by atoms with Crippen LogP contribution in [0.5, 0.6) is 0 Å². The maximum absolute atomic E-state index is 12.3. The van der Waals surface area contributed by atoms with Crippen LogP contribution in [-0.4, -0.2) is 65.1 Å². The molecule has 4 rings (SSSR count). The highest BCUT2D eigenvalue weighted by atomic mass is 16.2. The average Bonchev–Trinajstić information content (AvgIpc) is 3.28. The number of hydrogen-bond acceptors (Lipinski definition) is 5. The van der Waals surface area contributed by atoms with Gasteiger partial charge in [-0.3, -0.25) is 9.69 Å². The minimum Gasteiger partial charge on any atom is -0.369 e. The summed E-state index contributed by atoms with van der Waals surface area (Å²) >= 11 is 0. The molecule has 0 bridgehead atoms. The monoisotopic (exact) mass is 404 g/mol. The van der Waals surface area contributed by atoms with Gasteiger partial charge in [0.05, 0.1) is 11.9 Å². The predicted molar refractivity (Wildman–Crippen MR) is 118 cm³/mol. The molecule has 0 atom stereocenters. The maximum Gasteiger partial charge on any atom is 0.273 e. The summed E-state index contributed by atoms with van der Waals surface area (Å²) in [5.41, 5.74) is 3.83. The highest BCUT2D eigenvalue weighted by Crippen LogP contribution is 2.17. The molecule has 0 spiro atoms. The van der Waals surface area contributed by atoms with E-state index in [-0.39, 0.29) is 5.91 Å². The molecule has 7 nitrogen and oxygen atoms in total. The number of aryl methyl sites for hydroxylation is 1. The third-order valence-corrected chi connectivity index (χ3v) is 5.42. The van der Waals surface area contributed by atoms with E-state index >= 15 is 0 Å². The van der Waals surface area contributed by atoms with Crippen LogP contribution >= 0.6 is 0 Å². The first-order chi connectivity index (χ1) is 14.7. The molecule has 2 aromatic carbocycles. The van der Waals surface area contributed by atoms with Gasteiger partial charge in [-0.1, -0.05) is 35.5 Å². The average molecular weight is 405 g/mol. The molecule has 1 saturated heterocycles. The van der Waals surface area contributed by atoms with Crippen LogP contribution in [0.4, 0.5) is 5.69 Å². The zero-order valence-electron chi connectivity index (χ0n) is 17.4. The summed E-state index contributed by atoms with van der Waals surface area (Å²) in [6.07, 6.45) is 2.58. The van der Waals surface area contributed by atoms with Crippen molar-refractivity contribution in [3.63, 3.8) is 0 Å². The van der Waals surface area contributed by atoms with Gasteiger partial charge in [0.15, 0.2) is 5.69 Å². The molecule has 1 amide bonds. The second-order valence-electron chi connectivity index (χ2n) is 7.66. The quantitative estimate of drug-likeness (QED) is 0.613. The van der Waals surface area contributed by atoms with Crippen molar-refractivity contribution in [3.8, 4) is 5.69 Å². The van der Waals surface area contributed by atoms with Gasteiger partial charge >= 0.3 is 0 Å². The summed E-state index contributed by atoms with van der Waals surface area (Å²) in [5.74, 6) is -0.179. The lowest BCUT2D eigenvalue weighted by Crippen LogP contribution is -2.47. The van der Waals surface area contributed by atoms with E-state index in [2.05, 4.69) is 56.6 Å². The number of para-hydroxylation sites is 1. The summed E-state index contributed by atoms with van der Waals surface area (Å²) in [6, 6.07) is 18.3. The van der Waals surface area contributed by atoms with Crippen molar-refractivity contribution in [2.45, 2.75) is 13.3 Å². The minimum absolute atomic E-state index is 0.179. The Balaban J connectivity index is 1.17. The number of carbonyl (C=O) groups excluding carboxylic acids is 1. The predicted octanol–water partition coefficient (Wildman–Crippen LogP) is 2.52. The normalized spacial score (nSPS) is 14.6. The zero-order chi connectivity index (χ0) is 20.8. The number of carbonyl (C=O) groups is 1. The number of aromatic nitrogens is 3. The van der Waals surface area contributed by atoms with Gasteiger partial charge in [-0.15, -0.1) is 5.10 Å². The molecule has 1 aromatic heterocycles. The maximum atomic E-state index is 12.3. The minimum atomic E-state index is -0.179. The van der Waals surface area contributed by atoms with Crippen LogP contribution in [0.2, 0.25) is 0 Å². The molecule has 0 saturated carbocycles. The fraction of sp³-hybridized carbons (Fsp3) is 0.348. The highest BCUT2D eigenvalue weighted by molar-refractivity contribution is 5.91. The Labute approximate surface area is 177 Å². The van der Waals surface area contributed by atoms with Crippen molar-refractivity contribution in [3.05, 3.63) is 72.1 Å².